The Bertz CT molecular complexity index is 1050. The number of benzene rings is 1. The van der Waals surface area contributed by atoms with Gasteiger partial charge >= 0.3 is 0 Å². The number of anilines is 2. The molecular formula is C19H19FN6O2. The molecule has 144 valence electrons. The third-order valence-corrected chi connectivity index (χ3v) is 5.19. The number of amides is 1. The molecule has 3 aromatic rings. The van der Waals surface area contributed by atoms with Crippen molar-refractivity contribution in [2.75, 3.05) is 30.0 Å². The number of imidazole rings is 1. The van der Waals surface area contributed by atoms with Crippen LogP contribution in [0.5, 0.6) is 0 Å². The van der Waals surface area contributed by atoms with Gasteiger partial charge in [0.1, 0.15) is 12.1 Å². The van der Waals surface area contributed by atoms with Crippen molar-refractivity contribution in [3.63, 3.8) is 0 Å². The van der Waals surface area contributed by atoms with Crippen LogP contribution in [0.2, 0.25) is 0 Å². The fourth-order valence-electron chi connectivity index (χ4n) is 3.79. The van der Waals surface area contributed by atoms with Crippen LogP contribution in [0.1, 0.15) is 19.3 Å². The molecule has 1 fully saturated rings. The van der Waals surface area contributed by atoms with E-state index < -0.39 is 0 Å². The summed E-state index contributed by atoms with van der Waals surface area (Å²) < 4.78 is 20.8. The van der Waals surface area contributed by atoms with E-state index in [9.17, 15) is 9.18 Å². The summed E-state index contributed by atoms with van der Waals surface area (Å²) in [6.07, 6.45) is 5.17. The van der Waals surface area contributed by atoms with Crippen LogP contribution in [-0.4, -0.2) is 51.2 Å². The molecule has 5 rings (SSSR count). The van der Waals surface area contributed by atoms with Gasteiger partial charge in [0.2, 0.25) is 11.9 Å². The Balaban J connectivity index is 1.62. The van der Waals surface area contributed by atoms with Gasteiger partial charge < -0.3 is 10.1 Å². The molecule has 1 N–H and O–H groups in total. The van der Waals surface area contributed by atoms with Gasteiger partial charge in [-0.15, -0.1) is 0 Å². The number of aromatic nitrogens is 4. The Morgan fingerprint density at radius 1 is 1.21 bits per heavy atom. The number of halogens is 1. The highest BCUT2D eigenvalue weighted by Crippen LogP contribution is 2.31. The lowest BCUT2D eigenvalue weighted by atomic mass is 10.1. The number of rotatable bonds is 2. The number of nitrogens with one attached hydrogen (secondary N) is 1. The monoisotopic (exact) mass is 382 g/mol. The fraction of sp³-hybridized carbons (Fsp3) is 0.368. The van der Waals surface area contributed by atoms with E-state index in [-0.39, 0.29) is 17.8 Å². The average molecular weight is 382 g/mol. The van der Waals surface area contributed by atoms with Crippen molar-refractivity contribution in [2.45, 2.75) is 25.3 Å². The molecule has 2 aromatic heterocycles. The minimum atomic E-state index is -0.357. The Kier molecular flexibility index (Phi) is 4.16. The maximum atomic E-state index is 13.7. The zero-order valence-electron chi connectivity index (χ0n) is 15.1. The van der Waals surface area contributed by atoms with E-state index in [0.29, 0.717) is 49.0 Å². The largest absolute Gasteiger partial charge is 0.381 e. The van der Waals surface area contributed by atoms with Gasteiger partial charge in [-0.3, -0.25) is 14.3 Å². The standard InChI is InChI=1S/C19H19FN6O2/c20-12-1-2-14-16(9-12)25(11-23-14)19-22-10-15-18(24-19)26(17(27)3-6-21-15)13-4-7-28-8-5-13/h1-2,9-11,13,21H,3-8H2. The van der Waals surface area contributed by atoms with E-state index in [0.717, 1.165) is 18.5 Å². The summed E-state index contributed by atoms with van der Waals surface area (Å²) >= 11 is 0. The van der Waals surface area contributed by atoms with Gasteiger partial charge in [-0.25, -0.2) is 14.4 Å². The number of fused-ring (bicyclic) bond motifs is 2. The van der Waals surface area contributed by atoms with Gasteiger partial charge in [0.25, 0.3) is 0 Å². The molecule has 1 amide bonds. The summed E-state index contributed by atoms with van der Waals surface area (Å²) in [4.78, 5) is 28.0. The first-order chi connectivity index (χ1) is 13.7. The van der Waals surface area contributed by atoms with E-state index in [1.165, 1.54) is 12.1 Å². The second kappa shape index (κ2) is 6.83. The van der Waals surface area contributed by atoms with Crippen LogP contribution in [0.15, 0.2) is 30.7 Å². The minimum absolute atomic E-state index is 0.0318. The van der Waals surface area contributed by atoms with Gasteiger partial charge in [-0.1, -0.05) is 0 Å². The number of hydrogen-bond donors (Lipinski definition) is 1. The predicted molar refractivity (Wildman–Crippen MR) is 101 cm³/mol. The third-order valence-electron chi connectivity index (χ3n) is 5.19. The van der Waals surface area contributed by atoms with Crippen molar-refractivity contribution in [1.82, 2.24) is 19.5 Å². The second-order valence-electron chi connectivity index (χ2n) is 6.94. The zero-order chi connectivity index (χ0) is 19.1. The van der Waals surface area contributed by atoms with Crippen molar-refractivity contribution in [3.8, 4) is 5.95 Å². The first kappa shape index (κ1) is 17.1. The maximum Gasteiger partial charge on any atom is 0.237 e. The third kappa shape index (κ3) is 2.88. The van der Waals surface area contributed by atoms with E-state index >= 15 is 0 Å². The molecule has 9 heteroatoms. The van der Waals surface area contributed by atoms with Crippen LogP contribution in [0.3, 0.4) is 0 Å². The molecule has 1 saturated heterocycles. The molecule has 2 aliphatic rings. The van der Waals surface area contributed by atoms with Gasteiger partial charge in [0.05, 0.1) is 22.9 Å². The van der Waals surface area contributed by atoms with Crippen LogP contribution in [0, 0.1) is 5.82 Å². The Morgan fingerprint density at radius 2 is 2.07 bits per heavy atom. The molecule has 0 atom stereocenters. The van der Waals surface area contributed by atoms with Gasteiger partial charge in [-0.05, 0) is 25.0 Å². The maximum absolute atomic E-state index is 13.7. The fourth-order valence-corrected chi connectivity index (χ4v) is 3.79. The van der Waals surface area contributed by atoms with Crippen LogP contribution in [0.4, 0.5) is 15.9 Å². The minimum Gasteiger partial charge on any atom is -0.381 e. The number of ether oxygens (including phenoxy) is 1. The molecule has 0 aliphatic carbocycles. The molecule has 0 bridgehead atoms. The normalized spacial score (nSPS) is 18.0. The Labute approximate surface area is 160 Å². The first-order valence-corrected chi connectivity index (χ1v) is 9.34. The molecule has 0 spiro atoms. The summed E-state index contributed by atoms with van der Waals surface area (Å²) in [5.74, 6) is 0.576. The van der Waals surface area contributed by atoms with Crippen molar-refractivity contribution >= 4 is 28.4 Å². The predicted octanol–water partition coefficient (Wildman–Crippen LogP) is 2.28. The lowest BCUT2D eigenvalue weighted by molar-refractivity contribution is -0.119. The first-order valence-electron chi connectivity index (χ1n) is 9.34. The van der Waals surface area contributed by atoms with Crippen molar-refractivity contribution in [2.24, 2.45) is 0 Å². The van der Waals surface area contributed by atoms with E-state index in [1.54, 1.807) is 28.1 Å². The average Bonchev–Trinajstić information content (AvgIpc) is 3.05. The van der Waals surface area contributed by atoms with Gasteiger partial charge in [-0.2, -0.15) is 4.98 Å². The van der Waals surface area contributed by atoms with Crippen molar-refractivity contribution in [3.05, 3.63) is 36.5 Å². The number of carbonyl (C=O) groups is 1. The SMILES string of the molecule is O=C1CCNc2cnc(-n3cnc4ccc(F)cc43)nc2N1C1CCOCC1. The molecule has 0 radical (unpaired) electrons. The number of carbonyl (C=O) groups excluding carboxylic acids is 1. The number of nitrogens with zero attached hydrogens (tertiary/aromatic N) is 5. The quantitative estimate of drug-likeness (QED) is 0.732. The molecule has 0 unspecified atom stereocenters. The molecule has 2 aliphatic heterocycles. The summed E-state index contributed by atoms with van der Waals surface area (Å²) in [5, 5.41) is 3.24. The lowest BCUT2D eigenvalue weighted by Crippen LogP contribution is -2.44. The highest BCUT2D eigenvalue weighted by molar-refractivity contribution is 5.97. The van der Waals surface area contributed by atoms with Crippen molar-refractivity contribution < 1.29 is 13.9 Å². The molecule has 0 saturated carbocycles. The highest BCUT2D eigenvalue weighted by Gasteiger charge is 2.32. The van der Waals surface area contributed by atoms with Crippen LogP contribution < -0.4 is 10.2 Å². The molecule has 28 heavy (non-hydrogen) atoms. The lowest BCUT2D eigenvalue weighted by Gasteiger charge is -2.33. The molecule has 1 aromatic carbocycles. The summed E-state index contributed by atoms with van der Waals surface area (Å²) in [6.45, 7) is 1.79. The molecule has 8 nitrogen and oxygen atoms in total. The second-order valence-corrected chi connectivity index (χ2v) is 6.94. The van der Waals surface area contributed by atoms with Gasteiger partial charge in [0, 0.05) is 38.3 Å². The Morgan fingerprint density at radius 3 is 2.93 bits per heavy atom. The van der Waals surface area contributed by atoms with Gasteiger partial charge in [0.15, 0.2) is 5.82 Å². The van der Waals surface area contributed by atoms with E-state index in [2.05, 4.69) is 15.3 Å². The zero-order valence-corrected chi connectivity index (χ0v) is 15.1. The van der Waals surface area contributed by atoms with E-state index in [1.807, 2.05) is 0 Å². The molecule has 4 heterocycles. The summed E-state index contributed by atoms with van der Waals surface area (Å²) in [5.41, 5.74) is 1.94. The smallest absolute Gasteiger partial charge is 0.237 e. The molecular weight excluding hydrogens is 363 g/mol. The van der Waals surface area contributed by atoms with Crippen LogP contribution >= 0.6 is 0 Å². The van der Waals surface area contributed by atoms with Crippen LogP contribution in [-0.2, 0) is 9.53 Å². The summed E-state index contributed by atoms with van der Waals surface area (Å²) in [7, 11) is 0. The Hall–Kier alpha value is -3.07. The van der Waals surface area contributed by atoms with Crippen LogP contribution in [0.25, 0.3) is 17.0 Å². The highest BCUT2D eigenvalue weighted by atomic mass is 19.1. The summed E-state index contributed by atoms with van der Waals surface area (Å²) in [6, 6.07) is 4.42. The number of hydrogen-bond acceptors (Lipinski definition) is 6. The van der Waals surface area contributed by atoms with Crippen molar-refractivity contribution in [1.29, 1.82) is 0 Å². The topological polar surface area (TPSA) is 85.2 Å². The van der Waals surface area contributed by atoms with E-state index in [4.69, 9.17) is 9.72 Å².